The first-order valence-electron chi connectivity index (χ1n) is 5.80. The number of aliphatic hydroxyl groups is 1. The molecule has 6 heteroatoms. The second-order valence-corrected chi connectivity index (χ2v) is 5.57. The third-order valence-corrected chi connectivity index (χ3v) is 2.60. The second kappa shape index (κ2) is 5.07. The molecule has 0 amide bonds. The van der Waals surface area contributed by atoms with Gasteiger partial charge in [0.15, 0.2) is 0 Å². The Hall–Kier alpha value is -1.40. The number of hydrogen-bond donors (Lipinski definition) is 2. The van der Waals surface area contributed by atoms with Crippen LogP contribution < -0.4 is 5.73 Å². The predicted molar refractivity (Wildman–Crippen MR) is 67.4 cm³/mol. The van der Waals surface area contributed by atoms with E-state index in [1.54, 1.807) is 27.7 Å². The molecule has 0 spiro atoms. The van der Waals surface area contributed by atoms with Gasteiger partial charge in [-0.3, -0.25) is 0 Å². The van der Waals surface area contributed by atoms with E-state index in [0.717, 1.165) is 0 Å². The summed E-state index contributed by atoms with van der Waals surface area (Å²) < 4.78 is 6.46. The molecular weight excluding hydrogens is 234 g/mol. The molecule has 0 bridgehead atoms. The van der Waals surface area contributed by atoms with Gasteiger partial charge in [-0.25, -0.2) is 14.3 Å². The monoisotopic (exact) mass is 255 g/mol. The molecule has 0 aromatic carbocycles. The molecule has 1 aromatic heterocycles. The van der Waals surface area contributed by atoms with E-state index in [9.17, 15) is 9.90 Å². The Bertz CT molecular complexity index is 416. The molecule has 3 N–H and O–H groups in total. The van der Waals surface area contributed by atoms with Crippen LogP contribution in [0.15, 0.2) is 12.5 Å². The van der Waals surface area contributed by atoms with Gasteiger partial charge in [-0.05, 0) is 20.8 Å². The van der Waals surface area contributed by atoms with Crippen LogP contribution >= 0.6 is 0 Å². The van der Waals surface area contributed by atoms with E-state index < -0.39 is 17.1 Å². The van der Waals surface area contributed by atoms with E-state index >= 15 is 0 Å². The molecule has 102 valence electrons. The Morgan fingerprint density at radius 2 is 2.11 bits per heavy atom. The molecule has 0 aliphatic rings. The van der Waals surface area contributed by atoms with Crippen LogP contribution in [0.25, 0.3) is 0 Å². The lowest BCUT2D eigenvalue weighted by molar-refractivity contribution is 0.0536. The molecule has 0 aliphatic carbocycles. The van der Waals surface area contributed by atoms with Gasteiger partial charge < -0.3 is 15.6 Å². The van der Waals surface area contributed by atoms with Crippen molar-refractivity contribution in [3.63, 3.8) is 0 Å². The Kier molecular flexibility index (Phi) is 4.13. The second-order valence-electron chi connectivity index (χ2n) is 5.57. The third-order valence-electron chi connectivity index (χ3n) is 2.60. The molecule has 1 unspecified atom stereocenters. The van der Waals surface area contributed by atoms with E-state index in [1.165, 1.54) is 17.1 Å². The summed E-state index contributed by atoms with van der Waals surface area (Å²) in [6, 6.07) is 0. The van der Waals surface area contributed by atoms with Crippen LogP contribution in [0.4, 0.5) is 4.79 Å². The van der Waals surface area contributed by atoms with E-state index in [4.69, 9.17) is 10.5 Å². The molecule has 1 heterocycles. The van der Waals surface area contributed by atoms with Crippen molar-refractivity contribution in [2.45, 2.75) is 38.7 Å². The summed E-state index contributed by atoms with van der Waals surface area (Å²) in [7, 11) is 0. The van der Waals surface area contributed by atoms with Crippen molar-refractivity contribution in [2.75, 3.05) is 13.2 Å². The summed E-state index contributed by atoms with van der Waals surface area (Å²) in [6.07, 6.45) is 2.41. The summed E-state index contributed by atoms with van der Waals surface area (Å²) in [5, 5.41) is 9.33. The minimum absolute atomic E-state index is 0.130. The highest BCUT2D eigenvalue weighted by Crippen LogP contribution is 2.20. The zero-order valence-corrected chi connectivity index (χ0v) is 11.3. The first kappa shape index (κ1) is 14.7. The minimum atomic E-state index is -0.646. The quantitative estimate of drug-likeness (QED) is 0.836. The molecule has 0 saturated heterocycles. The van der Waals surface area contributed by atoms with E-state index in [0.29, 0.717) is 5.69 Å². The zero-order valence-electron chi connectivity index (χ0n) is 11.3. The topological polar surface area (TPSA) is 90.4 Å². The molecule has 18 heavy (non-hydrogen) atoms. The summed E-state index contributed by atoms with van der Waals surface area (Å²) >= 11 is 0. The number of aromatic nitrogens is 2. The molecule has 0 fully saturated rings. The van der Waals surface area contributed by atoms with Crippen molar-refractivity contribution in [3.05, 3.63) is 18.2 Å². The lowest BCUT2D eigenvalue weighted by atomic mass is 9.88. The number of ether oxygens (including phenoxy) is 1. The minimum Gasteiger partial charge on any atom is -0.443 e. The Labute approximate surface area is 107 Å². The number of carbonyl (C=O) groups excluding carboxylic acids is 1. The van der Waals surface area contributed by atoms with Gasteiger partial charge in [-0.2, -0.15) is 0 Å². The lowest BCUT2D eigenvalue weighted by Gasteiger charge is -2.22. The van der Waals surface area contributed by atoms with Crippen molar-refractivity contribution in [3.8, 4) is 0 Å². The average molecular weight is 255 g/mol. The fourth-order valence-corrected chi connectivity index (χ4v) is 1.30. The summed E-state index contributed by atoms with van der Waals surface area (Å²) in [4.78, 5) is 15.9. The SMILES string of the molecule is CC(C)(C)OC(=O)n1cnc(C(C)(CN)CO)c1. The molecule has 1 atom stereocenters. The van der Waals surface area contributed by atoms with Gasteiger partial charge >= 0.3 is 6.09 Å². The first-order chi connectivity index (χ1) is 8.22. The van der Waals surface area contributed by atoms with E-state index in [1.807, 2.05) is 0 Å². The molecule has 0 aliphatic heterocycles. The number of carbonyl (C=O) groups is 1. The summed E-state index contributed by atoms with van der Waals surface area (Å²) in [5.41, 5.74) is 4.97. The average Bonchev–Trinajstić information content (AvgIpc) is 2.75. The third kappa shape index (κ3) is 3.30. The smallest absolute Gasteiger partial charge is 0.419 e. The summed E-state index contributed by atoms with van der Waals surface area (Å²) in [5.74, 6) is 0. The first-order valence-corrected chi connectivity index (χ1v) is 5.80. The maximum Gasteiger partial charge on any atom is 0.419 e. The van der Waals surface area contributed by atoms with Crippen molar-refractivity contribution in [1.82, 2.24) is 9.55 Å². The number of aliphatic hydroxyl groups excluding tert-OH is 1. The Morgan fingerprint density at radius 1 is 1.50 bits per heavy atom. The number of nitrogens with two attached hydrogens (primary N) is 1. The van der Waals surface area contributed by atoms with Crippen LogP contribution in [0.1, 0.15) is 33.4 Å². The van der Waals surface area contributed by atoms with Crippen molar-refractivity contribution < 1.29 is 14.6 Å². The number of rotatable bonds is 3. The Morgan fingerprint density at radius 3 is 2.56 bits per heavy atom. The maximum atomic E-state index is 11.8. The normalized spacial score (nSPS) is 15.2. The molecule has 1 aromatic rings. The fraction of sp³-hybridized carbons (Fsp3) is 0.667. The van der Waals surface area contributed by atoms with Gasteiger partial charge in [0.1, 0.15) is 11.9 Å². The van der Waals surface area contributed by atoms with Crippen molar-refractivity contribution in [1.29, 1.82) is 0 Å². The number of imidazole rings is 1. The number of nitrogens with zero attached hydrogens (tertiary/aromatic N) is 2. The number of hydrogen-bond acceptors (Lipinski definition) is 5. The maximum absolute atomic E-state index is 11.8. The van der Waals surface area contributed by atoms with Gasteiger partial charge in [0.05, 0.1) is 12.3 Å². The molecule has 1 rings (SSSR count). The summed E-state index contributed by atoms with van der Waals surface area (Å²) in [6.45, 7) is 7.28. The highest BCUT2D eigenvalue weighted by molar-refractivity contribution is 5.70. The molecule has 0 saturated carbocycles. The predicted octanol–water partition coefficient (Wildman–Crippen LogP) is 0.875. The molecular formula is C12H21N3O3. The highest BCUT2D eigenvalue weighted by Gasteiger charge is 2.28. The van der Waals surface area contributed by atoms with Gasteiger partial charge in [0.25, 0.3) is 0 Å². The lowest BCUT2D eigenvalue weighted by Crippen LogP contribution is -2.36. The highest BCUT2D eigenvalue weighted by atomic mass is 16.6. The van der Waals surface area contributed by atoms with Gasteiger partial charge in [0, 0.05) is 18.2 Å². The van der Waals surface area contributed by atoms with Crippen LogP contribution in [-0.4, -0.2) is 39.5 Å². The van der Waals surface area contributed by atoms with Crippen LogP contribution in [0.3, 0.4) is 0 Å². The van der Waals surface area contributed by atoms with Crippen LogP contribution in [-0.2, 0) is 10.2 Å². The molecule has 6 nitrogen and oxygen atoms in total. The standard InChI is InChI=1S/C12H21N3O3/c1-11(2,3)18-10(17)15-5-9(14-8-15)12(4,6-13)7-16/h5,8,16H,6-7,13H2,1-4H3. The van der Waals surface area contributed by atoms with E-state index in [-0.39, 0.29) is 13.2 Å². The largest absolute Gasteiger partial charge is 0.443 e. The fourth-order valence-electron chi connectivity index (χ4n) is 1.30. The Balaban J connectivity index is 2.90. The molecule has 0 radical (unpaired) electrons. The van der Waals surface area contributed by atoms with Crippen LogP contribution in [0, 0.1) is 0 Å². The van der Waals surface area contributed by atoms with Crippen molar-refractivity contribution >= 4 is 6.09 Å². The van der Waals surface area contributed by atoms with Gasteiger partial charge in [0.2, 0.25) is 0 Å². The van der Waals surface area contributed by atoms with Gasteiger partial charge in [-0.1, -0.05) is 6.92 Å². The van der Waals surface area contributed by atoms with Crippen LogP contribution in [0.5, 0.6) is 0 Å². The van der Waals surface area contributed by atoms with E-state index in [2.05, 4.69) is 4.98 Å². The van der Waals surface area contributed by atoms with Crippen LogP contribution in [0.2, 0.25) is 0 Å². The zero-order chi connectivity index (χ0) is 14.0. The van der Waals surface area contributed by atoms with Crippen molar-refractivity contribution in [2.24, 2.45) is 5.73 Å². The van der Waals surface area contributed by atoms with Gasteiger partial charge in [-0.15, -0.1) is 0 Å².